The Kier molecular flexibility index (Phi) is 1.49. The number of nitrogens with two attached hydrogens (primary N) is 1. The van der Waals surface area contributed by atoms with Crippen LogP contribution >= 0.6 is 0 Å². The Labute approximate surface area is 91.5 Å². The molecular formula is C12H8N4. The molecule has 0 unspecified atom stereocenters. The molecule has 1 aliphatic rings. The van der Waals surface area contributed by atoms with Crippen LogP contribution in [-0.2, 0) is 0 Å². The molecule has 0 atom stereocenters. The quantitative estimate of drug-likeness (QED) is 0.615. The topological polar surface area (TPSA) is 89.4 Å². The number of allylic oxidation sites excluding steroid dienone is 1. The van der Waals surface area contributed by atoms with Crippen LogP contribution in [0.25, 0.3) is 16.6 Å². The number of nitrogens with zero attached hydrogens (tertiary/aromatic N) is 1. The number of nitrogens with one attached hydrogen (secondary N) is 2. The lowest BCUT2D eigenvalue weighted by atomic mass is 10.0. The zero-order valence-corrected chi connectivity index (χ0v) is 8.33. The standard InChI is InChI=1S/C12H8N4/c13-5-6-3-8-9(14)4-10(15)11(8)12-7(6)1-2-16-12/h1-4,14,16H,15H2. The first kappa shape index (κ1) is 8.74. The van der Waals surface area contributed by atoms with Gasteiger partial charge in [0, 0.05) is 28.4 Å². The second-order valence-corrected chi connectivity index (χ2v) is 3.74. The summed E-state index contributed by atoms with van der Waals surface area (Å²) >= 11 is 0. The van der Waals surface area contributed by atoms with Gasteiger partial charge in [-0.3, -0.25) is 0 Å². The number of H-pyrrole nitrogens is 1. The van der Waals surface area contributed by atoms with Crippen molar-refractivity contribution < 1.29 is 0 Å². The van der Waals surface area contributed by atoms with Gasteiger partial charge in [-0.1, -0.05) is 0 Å². The van der Waals surface area contributed by atoms with Gasteiger partial charge < -0.3 is 16.1 Å². The molecule has 0 saturated carbocycles. The van der Waals surface area contributed by atoms with Crippen molar-refractivity contribution in [1.82, 2.24) is 4.98 Å². The van der Waals surface area contributed by atoms with E-state index >= 15 is 0 Å². The van der Waals surface area contributed by atoms with Crippen LogP contribution in [0.1, 0.15) is 16.7 Å². The summed E-state index contributed by atoms with van der Waals surface area (Å²) in [5.74, 6) is 0. The number of benzene rings is 1. The summed E-state index contributed by atoms with van der Waals surface area (Å²) in [6.07, 6.45) is 3.40. The number of nitriles is 1. The first-order valence-corrected chi connectivity index (χ1v) is 4.83. The smallest absolute Gasteiger partial charge is 0.0999 e. The fourth-order valence-corrected chi connectivity index (χ4v) is 2.14. The van der Waals surface area contributed by atoms with Crippen LogP contribution in [0.5, 0.6) is 0 Å². The maximum Gasteiger partial charge on any atom is 0.0999 e. The lowest BCUT2D eigenvalue weighted by molar-refractivity contribution is 1.43. The summed E-state index contributed by atoms with van der Waals surface area (Å²) in [7, 11) is 0. The molecule has 3 rings (SSSR count). The molecule has 1 aromatic heterocycles. The Morgan fingerprint density at radius 2 is 2.25 bits per heavy atom. The Morgan fingerprint density at radius 1 is 1.44 bits per heavy atom. The van der Waals surface area contributed by atoms with E-state index in [2.05, 4.69) is 11.1 Å². The molecule has 0 amide bonds. The zero-order chi connectivity index (χ0) is 11.3. The molecule has 0 aliphatic heterocycles. The van der Waals surface area contributed by atoms with Gasteiger partial charge in [0.15, 0.2) is 0 Å². The molecule has 4 N–H and O–H groups in total. The van der Waals surface area contributed by atoms with Gasteiger partial charge in [0.25, 0.3) is 0 Å². The highest BCUT2D eigenvalue weighted by atomic mass is 14.7. The Bertz CT molecular complexity index is 698. The minimum atomic E-state index is 0.362. The second-order valence-electron chi connectivity index (χ2n) is 3.74. The van der Waals surface area contributed by atoms with Gasteiger partial charge in [0.2, 0.25) is 0 Å². The van der Waals surface area contributed by atoms with E-state index in [1.807, 2.05) is 6.07 Å². The molecule has 1 heterocycles. The maximum absolute atomic E-state index is 9.05. The molecule has 0 spiro atoms. The predicted octanol–water partition coefficient (Wildman–Crippen LogP) is 1.72. The highest BCUT2D eigenvalue weighted by Crippen LogP contribution is 2.32. The summed E-state index contributed by atoms with van der Waals surface area (Å²) in [6, 6.07) is 5.72. The van der Waals surface area contributed by atoms with Gasteiger partial charge in [-0.25, -0.2) is 0 Å². The zero-order valence-electron chi connectivity index (χ0n) is 8.33. The van der Waals surface area contributed by atoms with Crippen LogP contribution in [0.3, 0.4) is 0 Å². The highest BCUT2D eigenvalue weighted by molar-refractivity contribution is 6.21. The van der Waals surface area contributed by atoms with Crippen molar-refractivity contribution in [1.29, 1.82) is 10.7 Å². The van der Waals surface area contributed by atoms with Gasteiger partial charge in [-0.2, -0.15) is 5.26 Å². The minimum absolute atomic E-state index is 0.362. The van der Waals surface area contributed by atoms with Gasteiger partial charge in [-0.05, 0) is 18.2 Å². The second kappa shape index (κ2) is 2.74. The molecule has 4 nitrogen and oxygen atoms in total. The maximum atomic E-state index is 9.05. The van der Waals surface area contributed by atoms with Gasteiger partial charge >= 0.3 is 0 Å². The normalized spacial score (nSPS) is 13.7. The molecule has 0 bridgehead atoms. The van der Waals surface area contributed by atoms with Crippen LogP contribution in [-0.4, -0.2) is 10.7 Å². The molecule has 0 radical (unpaired) electrons. The molecule has 4 heteroatoms. The molecule has 2 aromatic rings. The van der Waals surface area contributed by atoms with E-state index in [9.17, 15) is 0 Å². The predicted molar refractivity (Wildman–Crippen MR) is 62.0 cm³/mol. The Hall–Kier alpha value is -2.54. The molecule has 0 fully saturated rings. The fraction of sp³-hybridized carbons (Fsp3) is 0. The molecule has 1 aromatic carbocycles. The van der Waals surface area contributed by atoms with Crippen molar-refractivity contribution in [3.8, 4) is 6.07 Å². The van der Waals surface area contributed by atoms with Crippen molar-refractivity contribution in [2.45, 2.75) is 0 Å². The summed E-state index contributed by atoms with van der Waals surface area (Å²) in [4.78, 5) is 3.08. The monoisotopic (exact) mass is 208 g/mol. The van der Waals surface area contributed by atoms with Crippen molar-refractivity contribution in [3.63, 3.8) is 0 Å². The van der Waals surface area contributed by atoms with Crippen LogP contribution in [0.4, 0.5) is 0 Å². The summed E-state index contributed by atoms with van der Waals surface area (Å²) in [6.45, 7) is 0. The fourth-order valence-electron chi connectivity index (χ4n) is 2.14. The van der Waals surface area contributed by atoms with Gasteiger partial charge in [-0.15, -0.1) is 0 Å². The largest absolute Gasteiger partial charge is 0.398 e. The summed E-state index contributed by atoms with van der Waals surface area (Å²) in [5.41, 5.74) is 9.79. The number of rotatable bonds is 0. The SMILES string of the molecule is N#Cc1cc2c(c3[nH]ccc13)C(N)=CC2=N. The van der Waals surface area contributed by atoms with Crippen LogP contribution in [0.15, 0.2) is 24.4 Å². The van der Waals surface area contributed by atoms with E-state index in [1.165, 1.54) is 0 Å². The molecule has 1 aliphatic carbocycles. The van der Waals surface area contributed by atoms with Crippen molar-refractivity contribution in [3.05, 3.63) is 41.1 Å². The van der Waals surface area contributed by atoms with E-state index in [1.54, 1.807) is 18.3 Å². The van der Waals surface area contributed by atoms with Gasteiger partial charge in [0.05, 0.1) is 22.9 Å². The van der Waals surface area contributed by atoms with Crippen LogP contribution in [0.2, 0.25) is 0 Å². The lowest BCUT2D eigenvalue weighted by Gasteiger charge is -2.04. The number of aromatic nitrogens is 1. The van der Waals surface area contributed by atoms with E-state index in [0.717, 1.165) is 22.0 Å². The van der Waals surface area contributed by atoms with Crippen molar-refractivity contribution in [2.75, 3.05) is 0 Å². The summed E-state index contributed by atoms with van der Waals surface area (Å²) in [5, 5.41) is 17.7. The first-order valence-electron chi connectivity index (χ1n) is 4.83. The van der Waals surface area contributed by atoms with Crippen molar-refractivity contribution in [2.24, 2.45) is 5.73 Å². The van der Waals surface area contributed by atoms with E-state index < -0.39 is 0 Å². The van der Waals surface area contributed by atoms with Crippen molar-refractivity contribution >= 4 is 22.3 Å². The Balaban J connectivity index is 2.54. The third kappa shape index (κ3) is 0.894. The minimum Gasteiger partial charge on any atom is -0.398 e. The van der Waals surface area contributed by atoms with Crippen LogP contribution < -0.4 is 5.73 Å². The van der Waals surface area contributed by atoms with E-state index in [0.29, 0.717) is 17.0 Å². The first-order chi connectivity index (χ1) is 7.72. The number of hydrogen-bond acceptors (Lipinski definition) is 3. The summed E-state index contributed by atoms with van der Waals surface area (Å²) < 4.78 is 0. The average molecular weight is 208 g/mol. The van der Waals surface area contributed by atoms with E-state index in [4.69, 9.17) is 16.4 Å². The average Bonchev–Trinajstić information content (AvgIpc) is 2.83. The molecule has 76 valence electrons. The number of aromatic amines is 1. The number of hydrogen-bond donors (Lipinski definition) is 3. The molecular weight excluding hydrogens is 200 g/mol. The highest BCUT2D eigenvalue weighted by Gasteiger charge is 2.21. The van der Waals surface area contributed by atoms with Gasteiger partial charge in [0.1, 0.15) is 0 Å². The molecule has 16 heavy (non-hydrogen) atoms. The number of fused-ring (bicyclic) bond motifs is 3. The third-order valence-electron chi connectivity index (χ3n) is 2.84. The Morgan fingerprint density at radius 3 is 3.00 bits per heavy atom. The lowest BCUT2D eigenvalue weighted by Crippen LogP contribution is -1.97. The van der Waals surface area contributed by atoms with E-state index in [-0.39, 0.29) is 0 Å². The third-order valence-corrected chi connectivity index (χ3v) is 2.84. The molecule has 0 saturated heterocycles. The van der Waals surface area contributed by atoms with Crippen LogP contribution in [0, 0.1) is 16.7 Å².